The van der Waals surface area contributed by atoms with Gasteiger partial charge in [-0.15, -0.1) is 0 Å². The van der Waals surface area contributed by atoms with Gasteiger partial charge in [-0.05, 0) is 32.6 Å². The second kappa shape index (κ2) is 5.14. The minimum Gasteiger partial charge on any atom is -0.382 e. The number of carbonyl (C=O) groups is 1. The molecule has 1 aromatic heterocycles. The predicted molar refractivity (Wildman–Crippen MR) is 75.0 cm³/mol. The third-order valence-corrected chi connectivity index (χ3v) is 3.83. The summed E-state index contributed by atoms with van der Waals surface area (Å²) in [5.74, 6) is 0.992. The van der Waals surface area contributed by atoms with Crippen LogP contribution in [0, 0.1) is 5.92 Å². The average molecular weight is 268 g/mol. The molecule has 1 saturated carbocycles. The van der Waals surface area contributed by atoms with Gasteiger partial charge in [-0.3, -0.25) is 4.79 Å². The Hall–Kier alpha value is -1.30. The van der Waals surface area contributed by atoms with Crippen LogP contribution in [0.4, 0.5) is 10.9 Å². The molecule has 6 heteroatoms. The number of thiazole rings is 1. The molecular formula is C12H20N4OS. The molecule has 0 unspecified atom stereocenters. The lowest BCUT2D eigenvalue weighted by Gasteiger charge is -2.15. The zero-order chi connectivity index (χ0) is 13.3. The Kier molecular flexibility index (Phi) is 3.75. The maximum atomic E-state index is 12.2. The topological polar surface area (TPSA) is 71.2 Å². The van der Waals surface area contributed by atoms with Crippen molar-refractivity contribution in [3.8, 4) is 0 Å². The van der Waals surface area contributed by atoms with E-state index in [2.05, 4.69) is 10.3 Å². The highest BCUT2D eigenvalue weighted by Gasteiger charge is 2.27. The minimum absolute atomic E-state index is 0.0197. The summed E-state index contributed by atoms with van der Waals surface area (Å²) < 4.78 is 0. The molecule has 0 atom stereocenters. The molecular weight excluding hydrogens is 248 g/mol. The van der Waals surface area contributed by atoms with Crippen molar-refractivity contribution in [2.75, 3.05) is 24.6 Å². The normalized spacial score (nSPS) is 14.9. The number of nitrogens with one attached hydrogen (secondary N) is 1. The van der Waals surface area contributed by atoms with Gasteiger partial charge < -0.3 is 16.0 Å². The third kappa shape index (κ3) is 3.13. The van der Waals surface area contributed by atoms with Crippen LogP contribution in [-0.4, -0.2) is 35.4 Å². The Morgan fingerprint density at radius 1 is 1.61 bits per heavy atom. The summed E-state index contributed by atoms with van der Waals surface area (Å²) in [4.78, 5) is 18.7. The molecule has 0 bridgehead atoms. The Morgan fingerprint density at radius 2 is 2.28 bits per heavy atom. The van der Waals surface area contributed by atoms with E-state index >= 15 is 0 Å². The number of hydrogen-bond donors (Lipinski definition) is 2. The van der Waals surface area contributed by atoms with E-state index in [-0.39, 0.29) is 11.9 Å². The molecule has 1 fully saturated rings. The molecule has 0 spiro atoms. The maximum Gasteiger partial charge on any atom is 0.267 e. The average Bonchev–Trinajstić information content (AvgIpc) is 3.00. The van der Waals surface area contributed by atoms with Gasteiger partial charge in [0.05, 0.1) is 0 Å². The molecule has 5 nitrogen and oxygen atoms in total. The van der Waals surface area contributed by atoms with Gasteiger partial charge in [0.25, 0.3) is 5.91 Å². The zero-order valence-electron chi connectivity index (χ0n) is 11.1. The Morgan fingerprint density at radius 3 is 2.83 bits per heavy atom. The number of rotatable bonds is 5. The van der Waals surface area contributed by atoms with Crippen molar-refractivity contribution in [2.24, 2.45) is 5.92 Å². The summed E-state index contributed by atoms with van der Waals surface area (Å²) in [7, 11) is 1.83. The molecule has 0 aliphatic heterocycles. The van der Waals surface area contributed by atoms with E-state index in [0.29, 0.717) is 21.7 Å². The third-order valence-electron chi connectivity index (χ3n) is 2.84. The van der Waals surface area contributed by atoms with E-state index in [1.165, 1.54) is 24.2 Å². The van der Waals surface area contributed by atoms with Gasteiger partial charge in [0, 0.05) is 19.6 Å². The first-order chi connectivity index (χ1) is 8.47. The van der Waals surface area contributed by atoms with Gasteiger partial charge >= 0.3 is 0 Å². The largest absolute Gasteiger partial charge is 0.382 e. The van der Waals surface area contributed by atoms with Gasteiger partial charge in [0.2, 0.25) is 0 Å². The number of nitrogen functional groups attached to an aromatic ring is 1. The summed E-state index contributed by atoms with van der Waals surface area (Å²) in [6.07, 6.45) is 2.46. The molecule has 100 valence electrons. The van der Waals surface area contributed by atoms with Crippen molar-refractivity contribution in [2.45, 2.75) is 32.7 Å². The fourth-order valence-electron chi connectivity index (χ4n) is 1.74. The van der Waals surface area contributed by atoms with E-state index in [0.717, 1.165) is 6.54 Å². The van der Waals surface area contributed by atoms with Crippen LogP contribution in [0.1, 0.15) is 36.4 Å². The second-order valence-electron chi connectivity index (χ2n) is 5.16. The highest BCUT2D eigenvalue weighted by molar-refractivity contribution is 7.18. The van der Waals surface area contributed by atoms with Crippen molar-refractivity contribution in [3.05, 3.63) is 4.88 Å². The number of hydrogen-bond acceptors (Lipinski definition) is 5. The van der Waals surface area contributed by atoms with E-state index in [9.17, 15) is 4.79 Å². The first-order valence-corrected chi connectivity index (χ1v) is 7.07. The molecule has 1 aromatic rings. The van der Waals surface area contributed by atoms with Gasteiger partial charge in [-0.25, -0.2) is 4.98 Å². The lowest BCUT2D eigenvalue weighted by Crippen LogP contribution is -2.28. The molecule has 1 aliphatic carbocycles. The van der Waals surface area contributed by atoms with E-state index in [1.54, 1.807) is 4.90 Å². The number of nitrogens with two attached hydrogens (primary N) is 1. The lowest BCUT2D eigenvalue weighted by atomic mass is 10.3. The van der Waals surface area contributed by atoms with Crippen molar-refractivity contribution >= 4 is 28.2 Å². The van der Waals surface area contributed by atoms with Crippen LogP contribution in [0.5, 0.6) is 0 Å². The van der Waals surface area contributed by atoms with Gasteiger partial charge in [-0.1, -0.05) is 11.3 Å². The van der Waals surface area contributed by atoms with Crippen molar-refractivity contribution < 1.29 is 4.79 Å². The van der Waals surface area contributed by atoms with Gasteiger partial charge in [0.15, 0.2) is 5.13 Å². The number of nitrogens with zero attached hydrogens (tertiary/aromatic N) is 2. The number of aromatic nitrogens is 1. The van der Waals surface area contributed by atoms with Crippen molar-refractivity contribution in [3.63, 3.8) is 0 Å². The molecule has 18 heavy (non-hydrogen) atoms. The molecule has 3 N–H and O–H groups in total. The van der Waals surface area contributed by atoms with Crippen LogP contribution in [0.25, 0.3) is 0 Å². The summed E-state index contributed by atoms with van der Waals surface area (Å²) in [5.41, 5.74) is 5.81. The quantitative estimate of drug-likeness (QED) is 0.857. The summed E-state index contributed by atoms with van der Waals surface area (Å²) in [5, 5.41) is 3.88. The maximum absolute atomic E-state index is 12.2. The SMILES string of the molecule is CC(C)Nc1nc(N)c(C(=O)N(C)CC2CC2)s1. The summed E-state index contributed by atoms with van der Waals surface area (Å²) in [6.45, 7) is 4.87. The van der Waals surface area contributed by atoms with Crippen LogP contribution in [0.15, 0.2) is 0 Å². The van der Waals surface area contributed by atoms with Crippen LogP contribution in [0.2, 0.25) is 0 Å². The van der Waals surface area contributed by atoms with E-state index in [1.807, 2.05) is 20.9 Å². The summed E-state index contributed by atoms with van der Waals surface area (Å²) in [6, 6.07) is 0.280. The Balaban J connectivity index is 2.06. The standard InChI is InChI=1S/C12H20N4OS/c1-7(2)14-12-15-10(13)9(18-12)11(17)16(3)6-8-4-5-8/h7-8H,4-6,13H2,1-3H3,(H,14,15). The molecule has 0 saturated heterocycles. The van der Waals surface area contributed by atoms with E-state index < -0.39 is 0 Å². The smallest absolute Gasteiger partial charge is 0.267 e. The molecule has 1 amide bonds. The molecule has 0 radical (unpaired) electrons. The van der Waals surface area contributed by atoms with Crippen LogP contribution < -0.4 is 11.1 Å². The minimum atomic E-state index is -0.0197. The number of anilines is 2. The van der Waals surface area contributed by atoms with Crippen LogP contribution in [0.3, 0.4) is 0 Å². The number of carbonyl (C=O) groups excluding carboxylic acids is 1. The predicted octanol–water partition coefficient (Wildman–Crippen LogP) is 2.03. The number of amides is 1. The van der Waals surface area contributed by atoms with Crippen LogP contribution in [-0.2, 0) is 0 Å². The zero-order valence-corrected chi connectivity index (χ0v) is 11.9. The Bertz CT molecular complexity index is 439. The summed E-state index contributed by atoms with van der Waals surface area (Å²) >= 11 is 1.33. The van der Waals surface area contributed by atoms with Gasteiger partial charge in [0.1, 0.15) is 10.7 Å². The molecule has 0 aromatic carbocycles. The highest BCUT2D eigenvalue weighted by Crippen LogP contribution is 2.31. The van der Waals surface area contributed by atoms with Crippen LogP contribution >= 0.6 is 11.3 Å². The Labute approximate surface area is 111 Å². The highest BCUT2D eigenvalue weighted by atomic mass is 32.1. The fraction of sp³-hybridized carbons (Fsp3) is 0.667. The molecule has 1 aliphatic rings. The van der Waals surface area contributed by atoms with Crippen molar-refractivity contribution in [1.29, 1.82) is 0 Å². The first-order valence-electron chi connectivity index (χ1n) is 6.25. The molecule has 2 rings (SSSR count). The van der Waals surface area contributed by atoms with E-state index in [4.69, 9.17) is 5.73 Å². The molecule has 1 heterocycles. The fourth-order valence-corrected chi connectivity index (χ4v) is 2.76. The van der Waals surface area contributed by atoms with Crippen molar-refractivity contribution in [1.82, 2.24) is 9.88 Å². The second-order valence-corrected chi connectivity index (χ2v) is 6.16. The first kappa shape index (κ1) is 13.1. The monoisotopic (exact) mass is 268 g/mol. The van der Waals surface area contributed by atoms with Gasteiger partial charge in [-0.2, -0.15) is 0 Å². The lowest BCUT2D eigenvalue weighted by molar-refractivity contribution is 0.0794.